The number of pyridine rings is 1. The van der Waals surface area contributed by atoms with E-state index in [0.717, 1.165) is 111 Å². The Morgan fingerprint density at radius 3 is 0.861 bits per heavy atom. The highest BCUT2D eigenvalue weighted by atomic mass is 15.0. The number of hydrogen-bond donors (Lipinski definition) is 0. The molecule has 330 valence electrons. The summed E-state index contributed by atoms with van der Waals surface area (Å²) >= 11 is 0. The molecule has 3 aromatic heterocycles. The molecule has 0 radical (unpaired) electrons. The zero-order chi connectivity index (χ0) is 48.9. The highest BCUT2D eigenvalue weighted by Gasteiger charge is 2.24. The van der Waals surface area contributed by atoms with Crippen LogP contribution in [0.2, 0.25) is 0 Å². The van der Waals surface area contributed by atoms with Gasteiger partial charge in [-0.25, -0.2) is 0 Å². The van der Waals surface area contributed by atoms with Gasteiger partial charge in [0.05, 0.1) is 104 Å². The summed E-state index contributed by atoms with van der Waals surface area (Å²) in [6.45, 7) is 0. The average molecular weight is 915 g/mol. The van der Waals surface area contributed by atoms with Crippen molar-refractivity contribution in [1.29, 1.82) is 26.3 Å². The maximum Gasteiger partial charge on any atom is 0.0991 e. The van der Waals surface area contributed by atoms with Crippen LogP contribution in [-0.4, -0.2) is 14.1 Å². The average Bonchev–Trinajstić information content (AvgIpc) is 3.96. The van der Waals surface area contributed by atoms with Gasteiger partial charge in [0.15, 0.2) is 0 Å². The predicted molar refractivity (Wildman–Crippen MR) is 284 cm³/mol. The number of benzene rings is 9. The van der Waals surface area contributed by atoms with Gasteiger partial charge in [0.25, 0.3) is 0 Å². The van der Waals surface area contributed by atoms with Crippen LogP contribution in [-0.2, 0) is 0 Å². The first-order valence-corrected chi connectivity index (χ1v) is 23.1. The maximum atomic E-state index is 10.4. The zero-order valence-electron chi connectivity index (χ0n) is 38.2. The van der Waals surface area contributed by atoms with Crippen LogP contribution in [0.4, 0.5) is 0 Å². The van der Waals surface area contributed by atoms with E-state index in [0.29, 0.717) is 27.8 Å². The number of nitriles is 5. The van der Waals surface area contributed by atoms with Crippen LogP contribution in [0, 0.1) is 56.7 Å². The minimum Gasteiger partial charge on any atom is -0.307 e. The van der Waals surface area contributed by atoms with Gasteiger partial charge in [0.1, 0.15) is 0 Å². The van der Waals surface area contributed by atoms with E-state index in [1.807, 2.05) is 134 Å². The second kappa shape index (κ2) is 17.4. The standard InChI is InChI=1S/C64H34N8/c65-33-40-4-12-45(13-5-40)49-20-24-54-55-25-21-50(46-14-6-41(34-66)7-15-46)30-59(55)71(58(54)29-49)62-38-70-39-63(64(62)53-3-1-2-44(28-53)37-69)72-60-31-51(47-16-8-42(35-67)9-17-47)22-26-56(60)57-27-23-52(32-61(57)72)48-18-10-43(36-68)11-19-48/h1-32,38-39H. The van der Waals surface area contributed by atoms with Gasteiger partial charge >= 0.3 is 0 Å². The van der Waals surface area contributed by atoms with Gasteiger partial charge in [0.2, 0.25) is 0 Å². The van der Waals surface area contributed by atoms with Crippen molar-refractivity contribution in [2.75, 3.05) is 0 Å². The van der Waals surface area contributed by atoms with E-state index in [9.17, 15) is 26.3 Å². The molecule has 0 aliphatic rings. The third-order valence-electron chi connectivity index (χ3n) is 13.6. The van der Waals surface area contributed by atoms with Gasteiger partial charge in [-0.2, -0.15) is 26.3 Å². The lowest BCUT2D eigenvalue weighted by atomic mass is 10.00. The SMILES string of the molecule is N#Cc1ccc(-c2ccc3c4ccc(-c5ccc(C#N)cc5)cc4n(-c4cncc(-n5c6cc(-c7ccc(C#N)cc7)ccc6c6ccc(-c7ccc(C#N)cc7)cc65)c4-c4cccc(C#N)c4)c3c2)cc1. The molecule has 0 spiro atoms. The topological polar surface area (TPSA) is 142 Å². The largest absolute Gasteiger partial charge is 0.307 e. The molecule has 0 fully saturated rings. The fraction of sp³-hybridized carbons (Fsp3) is 0. The van der Waals surface area contributed by atoms with E-state index in [1.165, 1.54) is 0 Å². The molecule has 12 rings (SSSR count). The molecule has 0 saturated carbocycles. The normalized spacial score (nSPS) is 11.0. The summed E-state index contributed by atoms with van der Waals surface area (Å²) in [7, 11) is 0. The monoisotopic (exact) mass is 914 g/mol. The molecule has 72 heavy (non-hydrogen) atoms. The van der Waals surface area contributed by atoms with Crippen LogP contribution >= 0.6 is 0 Å². The van der Waals surface area contributed by atoms with Crippen molar-refractivity contribution < 1.29 is 0 Å². The first kappa shape index (κ1) is 42.5. The Morgan fingerprint density at radius 2 is 0.569 bits per heavy atom. The fourth-order valence-electron chi connectivity index (χ4n) is 10.0. The van der Waals surface area contributed by atoms with Crippen LogP contribution in [0.5, 0.6) is 0 Å². The van der Waals surface area contributed by atoms with Crippen molar-refractivity contribution in [2.45, 2.75) is 0 Å². The molecule has 0 bridgehead atoms. The molecule has 0 amide bonds. The van der Waals surface area contributed by atoms with Gasteiger partial charge in [0, 0.05) is 27.1 Å². The molecule has 0 atom stereocenters. The van der Waals surface area contributed by atoms with Gasteiger partial charge in [-0.05, 0) is 135 Å². The fourth-order valence-corrected chi connectivity index (χ4v) is 10.0. The van der Waals surface area contributed by atoms with E-state index in [4.69, 9.17) is 4.98 Å². The molecule has 9 aromatic carbocycles. The lowest BCUT2D eigenvalue weighted by Crippen LogP contribution is -2.05. The second-order valence-electron chi connectivity index (χ2n) is 17.6. The molecule has 0 aliphatic carbocycles. The van der Waals surface area contributed by atoms with E-state index in [2.05, 4.69) is 112 Å². The third-order valence-corrected chi connectivity index (χ3v) is 13.6. The third kappa shape index (κ3) is 7.17. The lowest BCUT2D eigenvalue weighted by Gasteiger charge is -2.20. The second-order valence-corrected chi connectivity index (χ2v) is 17.6. The minimum absolute atomic E-state index is 0.503. The molecule has 12 aromatic rings. The van der Waals surface area contributed by atoms with Crippen molar-refractivity contribution in [1.82, 2.24) is 14.1 Å². The van der Waals surface area contributed by atoms with Crippen molar-refractivity contribution in [3.8, 4) is 97.4 Å². The number of hydrogen-bond acceptors (Lipinski definition) is 6. The lowest BCUT2D eigenvalue weighted by molar-refractivity contribution is 1.09. The molecule has 0 saturated heterocycles. The van der Waals surface area contributed by atoms with E-state index >= 15 is 0 Å². The van der Waals surface area contributed by atoms with Gasteiger partial charge in [-0.1, -0.05) is 109 Å². The molecule has 8 nitrogen and oxygen atoms in total. The van der Waals surface area contributed by atoms with E-state index in [-0.39, 0.29) is 0 Å². The molecule has 0 N–H and O–H groups in total. The molecule has 3 heterocycles. The maximum absolute atomic E-state index is 10.4. The predicted octanol–water partition coefficient (Wildman–Crippen LogP) is 15.0. The van der Waals surface area contributed by atoms with Gasteiger partial charge < -0.3 is 9.13 Å². The molecular formula is C64H34N8. The Morgan fingerprint density at radius 1 is 0.278 bits per heavy atom. The summed E-state index contributed by atoms with van der Waals surface area (Å²) in [6.07, 6.45) is 3.80. The van der Waals surface area contributed by atoms with Gasteiger partial charge in [-0.3, -0.25) is 4.98 Å². The molecule has 0 aliphatic heterocycles. The molecule has 8 heteroatoms. The van der Waals surface area contributed by atoms with Crippen molar-refractivity contribution in [3.63, 3.8) is 0 Å². The summed E-state index contributed by atoms with van der Waals surface area (Å²) in [5, 5.41) is 53.0. The summed E-state index contributed by atoms with van der Waals surface area (Å²) < 4.78 is 4.54. The summed E-state index contributed by atoms with van der Waals surface area (Å²) in [5.74, 6) is 0. The van der Waals surface area contributed by atoms with Crippen molar-refractivity contribution >= 4 is 43.6 Å². The Kier molecular flexibility index (Phi) is 10.3. The highest BCUT2D eigenvalue weighted by Crippen LogP contribution is 2.44. The number of rotatable bonds is 7. The number of aromatic nitrogens is 3. The number of fused-ring (bicyclic) bond motifs is 6. The van der Waals surface area contributed by atoms with E-state index < -0.39 is 0 Å². The van der Waals surface area contributed by atoms with Gasteiger partial charge in [-0.15, -0.1) is 0 Å². The van der Waals surface area contributed by atoms with Crippen LogP contribution in [0.15, 0.2) is 207 Å². The van der Waals surface area contributed by atoms with Crippen LogP contribution in [0.1, 0.15) is 27.8 Å². The Bertz CT molecular complexity index is 3920. The Balaban J connectivity index is 1.20. The van der Waals surface area contributed by atoms with Crippen LogP contribution in [0.3, 0.4) is 0 Å². The van der Waals surface area contributed by atoms with Crippen LogP contribution < -0.4 is 0 Å². The summed E-state index contributed by atoms with van der Waals surface area (Å²) in [5.41, 5.74) is 17.4. The van der Waals surface area contributed by atoms with Crippen molar-refractivity contribution in [3.05, 3.63) is 234 Å². The summed E-state index contributed by atoms with van der Waals surface area (Å²) in [6, 6.07) is 75.3. The van der Waals surface area contributed by atoms with Crippen molar-refractivity contribution in [2.24, 2.45) is 0 Å². The highest BCUT2D eigenvalue weighted by molar-refractivity contribution is 6.14. The summed E-state index contributed by atoms with van der Waals surface area (Å²) in [4.78, 5) is 5.12. The first-order valence-electron chi connectivity index (χ1n) is 23.1. The quantitative estimate of drug-likeness (QED) is 0.156. The molecular weight excluding hydrogens is 881 g/mol. The Hall–Kier alpha value is -10.8. The number of nitrogens with zero attached hydrogens (tertiary/aromatic N) is 8. The smallest absolute Gasteiger partial charge is 0.0991 e. The van der Waals surface area contributed by atoms with E-state index in [1.54, 1.807) is 0 Å². The first-order chi connectivity index (χ1) is 35.4. The minimum atomic E-state index is 0.503. The zero-order valence-corrected chi connectivity index (χ0v) is 38.2. The van der Waals surface area contributed by atoms with Crippen LogP contribution in [0.25, 0.3) is 111 Å². The Labute approximate surface area is 413 Å². The molecule has 0 unspecified atom stereocenters.